The number of urea groups is 1. The molecule has 1 aromatic rings. The first-order valence-electron chi connectivity index (χ1n) is 7.17. The molecule has 0 atom stereocenters. The standard InChI is InChI=1S/C15H23N3O4/c1-3-22-15(20)18(10-8-16)14(19)17-9-7-12-5-4-6-13(11-12)21-2/h4-6,11H,3,7-10,16H2,1-2H3,(H,17,19). The van der Waals surface area contributed by atoms with E-state index < -0.39 is 12.1 Å². The third-order valence-corrected chi connectivity index (χ3v) is 2.91. The van der Waals surface area contributed by atoms with Gasteiger partial charge in [0.1, 0.15) is 5.75 Å². The maximum absolute atomic E-state index is 12.0. The maximum Gasteiger partial charge on any atom is 0.418 e. The summed E-state index contributed by atoms with van der Waals surface area (Å²) in [7, 11) is 1.60. The van der Waals surface area contributed by atoms with Gasteiger partial charge in [0.15, 0.2) is 0 Å². The Labute approximate surface area is 130 Å². The van der Waals surface area contributed by atoms with Crippen LogP contribution < -0.4 is 15.8 Å². The number of rotatable bonds is 7. The van der Waals surface area contributed by atoms with Gasteiger partial charge >= 0.3 is 12.1 Å². The van der Waals surface area contributed by atoms with E-state index in [4.69, 9.17) is 15.2 Å². The number of ether oxygens (including phenoxy) is 2. The van der Waals surface area contributed by atoms with Crippen molar-refractivity contribution in [3.63, 3.8) is 0 Å². The van der Waals surface area contributed by atoms with Crippen LogP contribution in [0.1, 0.15) is 12.5 Å². The molecule has 0 bridgehead atoms. The van der Waals surface area contributed by atoms with Gasteiger partial charge in [0.05, 0.1) is 13.7 Å². The Morgan fingerprint density at radius 2 is 2.14 bits per heavy atom. The fraction of sp³-hybridized carbons (Fsp3) is 0.467. The zero-order valence-corrected chi connectivity index (χ0v) is 13.0. The van der Waals surface area contributed by atoms with Crippen LogP contribution in [0.3, 0.4) is 0 Å². The number of carbonyl (C=O) groups excluding carboxylic acids is 2. The van der Waals surface area contributed by atoms with Crippen LogP contribution in [0.4, 0.5) is 9.59 Å². The SMILES string of the molecule is CCOC(=O)N(CCN)C(=O)NCCc1cccc(OC)c1. The van der Waals surface area contributed by atoms with E-state index in [2.05, 4.69) is 5.32 Å². The topological polar surface area (TPSA) is 93.9 Å². The minimum Gasteiger partial charge on any atom is -0.497 e. The fourth-order valence-electron chi connectivity index (χ4n) is 1.84. The van der Waals surface area contributed by atoms with Gasteiger partial charge in [-0.1, -0.05) is 12.1 Å². The van der Waals surface area contributed by atoms with Crippen molar-refractivity contribution in [1.29, 1.82) is 0 Å². The van der Waals surface area contributed by atoms with E-state index in [1.54, 1.807) is 14.0 Å². The quantitative estimate of drug-likeness (QED) is 0.793. The molecule has 22 heavy (non-hydrogen) atoms. The molecule has 0 aliphatic heterocycles. The molecule has 0 aromatic heterocycles. The first-order chi connectivity index (χ1) is 10.6. The number of benzene rings is 1. The molecular weight excluding hydrogens is 286 g/mol. The molecular formula is C15H23N3O4. The van der Waals surface area contributed by atoms with Gasteiger partial charge in [-0.2, -0.15) is 0 Å². The van der Waals surface area contributed by atoms with E-state index >= 15 is 0 Å². The lowest BCUT2D eigenvalue weighted by molar-refractivity contribution is 0.115. The van der Waals surface area contributed by atoms with Gasteiger partial charge in [-0.05, 0) is 31.0 Å². The molecule has 7 nitrogen and oxygen atoms in total. The molecule has 122 valence electrons. The zero-order valence-electron chi connectivity index (χ0n) is 13.0. The van der Waals surface area contributed by atoms with Crippen molar-refractivity contribution < 1.29 is 19.1 Å². The smallest absolute Gasteiger partial charge is 0.418 e. The second-order valence-electron chi connectivity index (χ2n) is 4.47. The average molecular weight is 309 g/mol. The minimum atomic E-state index is -0.688. The number of nitrogens with zero attached hydrogens (tertiary/aromatic N) is 1. The molecule has 0 saturated heterocycles. The molecule has 0 aliphatic rings. The molecule has 1 aromatic carbocycles. The number of nitrogens with one attached hydrogen (secondary N) is 1. The van der Waals surface area contributed by atoms with Crippen molar-refractivity contribution in [2.24, 2.45) is 5.73 Å². The highest BCUT2D eigenvalue weighted by atomic mass is 16.6. The molecule has 1 rings (SSSR count). The van der Waals surface area contributed by atoms with E-state index in [-0.39, 0.29) is 19.7 Å². The van der Waals surface area contributed by atoms with Crippen molar-refractivity contribution in [2.75, 3.05) is 33.4 Å². The predicted molar refractivity (Wildman–Crippen MR) is 82.9 cm³/mol. The lowest BCUT2D eigenvalue weighted by Crippen LogP contribution is -2.46. The molecule has 0 unspecified atom stereocenters. The van der Waals surface area contributed by atoms with Gasteiger partial charge in [0.25, 0.3) is 0 Å². The van der Waals surface area contributed by atoms with Gasteiger partial charge in [-0.25, -0.2) is 14.5 Å². The van der Waals surface area contributed by atoms with E-state index in [0.717, 1.165) is 16.2 Å². The summed E-state index contributed by atoms with van der Waals surface area (Å²) in [6.45, 7) is 2.58. The van der Waals surface area contributed by atoms with Crippen molar-refractivity contribution in [3.8, 4) is 5.75 Å². The number of hydrogen-bond acceptors (Lipinski definition) is 5. The molecule has 7 heteroatoms. The molecule has 0 saturated carbocycles. The van der Waals surface area contributed by atoms with Crippen molar-refractivity contribution >= 4 is 12.1 Å². The summed E-state index contributed by atoms with van der Waals surface area (Å²) in [4.78, 5) is 24.6. The summed E-state index contributed by atoms with van der Waals surface area (Å²) in [5, 5.41) is 2.68. The molecule has 0 aliphatic carbocycles. The number of carbonyl (C=O) groups is 2. The van der Waals surface area contributed by atoms with Crippen LogP contribution in [-0.2, 0) is 11.2 Å². The van der Waals surface area contributed by atoms with Gasteiger partial charge in [-0.15, -0.1) is 0 Å². The fourth-order valence-corrected chi connectivity index (χ4v) is 1.84. The normalized spacial score (nSPS) is 9.95. The molecule has 0 heterocycles. The van der Waals surface area contributed by atoms with Crippen LogP contribution in [0.2, 0.25) is 0 Å². The van der Waals surface area contributed by atoms with Crippen LogP contribution in [-0.4, -0.2) is 50.4 Å². The minimum absolute atomic E-state index is 0.115. The van der Waals surface area contributed by atoms with E-state index in [1.807, 2.05) is 24.3 Å². The Morgan fingerprint density at radius 3 is 2.77 bits per heavy atom. The second kappa shape index (κ2) is 9.62. The summed E-state index contributed by atoms with van der Waals surface area (Å²) in [6, 6.07) is 7.07. The lowest BCUT2D eigenvalue weighted by atomic mass is 10.1. The maximum atomic E-state index is 12.0. The predicted octanol–water partition coefficient (Wildman–Crippen LogP) is 1.36. The highest BCUT2D eigenvalue weighted by Gasteiger charge is 2.21. The third-order valence-electron chi connectivity index (χ3n) is 2.91. The first kappa shape index (κ1) is 17.8. The summed E-state index contributed by atoms with van der Waals surface area (Å²) >= 11 is 0. The van der Waals surface area contributed by atoms with E-state index in [9.17, 15) is 9.59 Å². The van der Waals surface area contributed by atoms with Crippen LogP contribution in [0.15, 0.2) is 24.3 Å². The van der Waals surface area contributed by atoms with Gasteiger partial charge in [0, 0.05) is 19.6 Å². The number of hydrogen-bond donors (Lipinski definition) is 2. The molecule has 0 spiro atoms. The van der Waals surface area contributed by atoms with E-state index in [0.29, 0.717) is 13.0 Å². The Bertz CT molecular complexity index is 493. The second-order valence-corrected chi connectivity index (χ2v) is 4.47. The van der Waals surface area contributed by atoms with Crippen LogP contribution in [0, 0.1) is 0 Å². The average Bonchev–Trinajstić information content (AvgIpc) is 2.52. The van der Waals surface area contributed by atoms with E-state index in [1.165, 1.54) is 0 Å². The number of methoxy groups -OCH3 is 1. The summed E-state index contributed by atoms with van der Waals surface area (Å²) in [5.41, 5.74) is 6.44. The van der Waals surface area contributed by atoms with Crippen LogP contribution in [0.5, 0.6) is 5.75 Å². The highest BCUT2D eigenvalue weighted by Crippen LogP contribution is 2.12. The number of nitrogens with two attached hydrogens (primary N) is 1. The van der Waals surface area contributed by atoms with Crippen LogP contribution in [0.25, 0.3) is 0 Å². The Morgan fingerprint density at radius 1 is 1.36 bits per heavy atom. The highest BCUT2D eigenvalue weighted by molar-refractivity contribution is 5.90. The van der Waals surface area contributed by atoms with Gasteiger partial charge in [0.2, 0.25) is 0 Å². The largest absolute Gasteiger partial charge is 0.497 e. The molecule has 0 radical (unpaired) electrons. The monoisotopic (exact) mass is 309 g/mol. The Hall–Kier alpha value is -2.28. The van der Waals surface area contributed by atoms with Crippen LogP contribution >= 0.6 is 0 Å². The van der Waals surface area contributed by atoms with Crippen molar-refractivity contribution in [3.05, 3.63) is 29.8 Å². The zero-order chi connectivity index (χ0) is 16.4. The Kier molecular flexibility index (Phi) is 7.77. The number of imide groups is 1. The van der Waals surface area contributed by atoms with Gasteiger partial charge in [-0.3, -0.25) is 0 Å². The Balaban J connectivity index is 2.50. The van der Waals surface area contributed by atoms with Gasteiger partial charge < -0.3 is 20.5 Å². The molecule has 3 N–H and O–H groups in total. The molecule has 0 fully saturated rings. The number of amides is 3. The third kappa shape index (κ3) is 5.61. The first-order valence-corrected chi connectivity index (χ1v) is 7.17. The summed E-state index contributed by atoms with van der Waals surface area (Å²) in [5.74, 6) is 0.764. The van der Waals surface area contributed by atoms with Crippen molar-refractivity contribution in [2.45, 2.75) is 13.3 Å². The molecule has 3 amide bonds. The summed E-state index contributed by atoms with van der Waals surface area (Å²) in [6.07, 6.45) is -0.0609. The van der Waals surface area contributed by atoms with Crippen molar-refractivity contribution in [1.82, 2.24) is 10.2 Å². The lowest BCUT2D eigenvalue weighted by Gasteiger charge is -2.19. The summed E-state index contributed by atoms with van der Waals surface area (Å²) < 4.78 is 9.97.